The largest absolute Gasteiger partial charge is 0.463 e. The zero-order chi connectivity index (χ0) is 20.6. The van der Waals surface area contributed by atoms with E-state index in [4.69, 9.17) is 38.2 Å². The summed E-state index contributed by atoms with van der Waals surface area (Å²) in [6.45, 7) is 0. The maximum atomic E-state index is 12.9. The lowest BCUT2D eigenvalue weighted by Crippen LogP contribution is -2.06. The molecule has 0 unspecified atom stereocenters. The van der Waals surface area contributed by atoms with Gasteiger partial charge in [-0.15, -0.1) is 0 Å². The molecule has 0 fully saturated rings. The first-order valence-corrected chi connectivity index (χ1v) is 8.45. The van der Waals surface area contributed by atoms with Gasteiger partial charge in [-0.05, 0) is 32.2 Å². The van der Waals surface area contributed by atoms with Crippen molar-refractivity contribution in [3.63, 3.8) is 0 Å². The molecule has 0 amide bonds. The summed E-state index contributed by atoms with van der Waals surface area (Å²) in [5.41, 5.74) is 0.746. The Morgan fingerprint density at radius 3 is 2.52 bits per heavy atom. The minimum atomic E-state index is -0.321. The van der Waals surface area contributed by atoms with Gasteiger partial charge in [-0.1, -0.05) is 51.7 Å². The molecule has 2 N–H and O–H groups in total. The molecule has 2 aromatic carbocycles. The van der Waals surface area contributed by atoms with Crippen LogP contribution in [0.4, 0.5) is 0 Å². The van der Waals surface area contributed by atoms with Crippen molar-refractivity contribution in [2.24, 2.45) is 42.3 Å². The number of halogens is 2. The molecular formula is C16H10Cl2N8O3. The quantitative estimate of drug-likeness (QED) is 0.188. The van der Waals surface area contributed by atoms with Crippen molar-refractivity contribution in [1.82, 2.24) is 0 Å². The molecule has 0 saturated heterocycles. The number of ether oxygens (including phenoxy) is 1. The zero-order valence-corrected chi connectivity index (χ0v) is 15.8. The van der Waals surface area contributed by atoms with Crippen LogP contribution in [0.5, 0.6) is 5.75 Å². The van der Waals surface area contributed by atoms with Gasteiger partial charge in [0.05, 0.1) is 16.0 Å². The van der Waals surface area contributed by atoms with E-state index < -0.39 is 0 Å². The van der Waals surface area contributed by atoms with Gasteiger partial charge < -0.3 is 15.0 Å². The fourth-order valence-corrected chi connectivity index (χ4v) is 2.84. The van der Waals surface area contributed by atoms with E-state index in [1.165, 1.54) is 18.4 Å². The van der Waals surface area contributed by atoms with E-state index in [-0.39, 0.29) is 27.2 Å². The van der Waals surface area contributed by atoms with Gasteiger partial charge in [0.1, 0.15) is 17.6 Å². The molecule has 0 radical (unpaired) electrons. The van der Waals surface area contributed by atoms with E-state index in [9.17, 15) is 4.79 Å². The standard InChI is InChI=1S/C16H10Cl2N8O3/c17-12-4-2-1-3-10(12)11-7-28-14-6-9(5-13(18)15(14)16(11)27)29-8-20-22-24-26-25-23-21-19/h1-8H,(H2,19,22,23,26). The normalized spacial score (nSPS) is 12.2. The predicted molar refractivity (Wildman–Crippen MR) is 106 cm³/mol. The molecule has 0 atom stereocenters. The maximum absolute atomic E-state index is 12.9. The van der Waals surface area contributed by atoms with Crippen molar-refractivity contribution < 1.29 is 9.15 Å². The van der Waals surface area contributed by atoms with Crippen LogP contribution in [-0.4, -0.2) is 6.40 Å². The van der Waals surface area contributed by atoms with E-state index in [0.29, 0.717) is 16.1 Å². The molecule has 1 heterocycles. The monoisotopic (exact) mass is 432 g/mol. The van der Waals surface area contributed by atoms with Gasteiger partial charge in [-0.25, -0.2) is 0 Å². The SMILES string of the molecule is NN=NN=NN=NN=COc1cc(Cl)c2c(=O)c(-c3ccccc3Cl)coc2c1. The molecule has 0 aliphatic carbocycles. The Morgan fingerprint density at radius 2 is 1.72 bits per heavy atom. The van der Waals surface area contributed by atoms with E-state index in [0.717, 1.165) is 6.40 Å². The summed E-state index contributed by atoms with van der Waals surface area (Å²) in [6.07, 6.45) is 2.29. The second kappa shape index (κ2) is 9.48. The minimum Gasteiger partial charge on any atom is -0.463 e. The fraction of sp³-hybridized carbons (Fsp3) is 0. The average molecular weight is 433 g/mol. The van der Waals surface area contributed by atoms with Crippen LogP contribution in [0, 0.1) is 0 Å². The topological polar surface area (TPSA) is 152 Å². The first-order chi connectivity index (χ1) is 14.1. The summed E-state index contributed by atoms with van der Waals surface area (Å²) < 4.78 is 10.8. The van der Waals surface area contributed by atoms with Crippen molar-refractivity contribution >= 4 is 40.6 Å². The second-order valence-corrected chi connectivity index (χ2v) is 5.95. The lowest BCUT2D eigenvalue weighted by atomic mass is 10.1. The maximum Gasteiger partial charge on any atom is 0.203 e. The van der Waals surface area contributed by atoms with Gasteiger partial charge in [0, 0.05) is 22.7 Å². The van der Waals surface area contributed by atoms with Gasteiger partial charge in [0.15, 0.2) is 0 Å². The highest BCUT2D eigenvalue weighted by molar-refractivity contribution is 6.35. The molecule has 0 aliphatic heterocycles. The van der Waals surface area contributed by atoms with E-state index in [2.05, 4.69) is 36.4 Å². The predicted octanol–water partition coefficient (Wildman–Crippen LogP) is 5.15. The first-order valence-electron chi connectivity index (χ1n) is 7.70. The summed E-state index contributed by atoms with van der Waals surface area (Å²) in [4.78, 5) is 12.9. The van der Waals surface area contributed by atoms with Gasteiger partial charge in [-0.2, -0.15) is 0 Å². The Balaban J connectivity index is 1.86. The highest BCUT2D eigenvalue weighted by Gasteiger charge is 2.15. The van der Waals surface area contributed by atoms with E-state index in [1.807, 2.05) is 0 Å². The molecule has 13 heteroatoms. The second-order valence-electron chi connectivity index (χ2n) is 5.14. The Bertz CT molecular complexity index is 1210. The van der Waals surface area contributed by atoms with Gasteiger partial charge >= 0.3 is 0 Å². The lowest BCUT2D eigenvalue weighted by Gasteiger charge is -2.07. The summed E-state index contributed by atoms with van der Waals surface area (Å²) >= 11 is 12.4. The van der Waals surface area contributed by atoms with Gasteiger partial charge in [-0.3, -0.25) is 4.79 Å². The van der Waals surface area contributed by atoms with Crippen LogP contribution >= 0.6 is 23.2 Å². The Kier molecular flexibility index (Phi) is 6.55. The molecule has 0 aliphatic rings. The Morgan fingerprint density at radius 1 is 0.966 bits per heavy atom. The van der Waals surface area contributed by atoms with Crippen LogP contribution in [0.3, 0.4) is 0 Å². The average Bonchev–Trinajstić information content (AvgIpc) is 2.71. The molecule has 1 aromatic heterocycles. The van der Waals surface area contributed by atoms with Crippen molar-refractivity contribution in [1.29, 1.82) is 0 Å². The molecule has 146 valence electrons. The highest BCUT2D eigenvalue weighted by atomic mass is 35.5. The van der Waals surface area contributed by atoms with Gasteiger partial charge in [0.25, 0.3) is 0 Å². The number of rotatable bonds is 6. The molecule has 3 aromatic rings. The van der Waals surface area contributed by atoms with Crippen molar-refractivity contribution in [2.75, 3.05) is 0 Å². The summed E-state index contributed by atoms with van der Waals surface area (Å²) in [5, 5.41) is 22.6. The number of fused-ring (bicyclic) bond motifs is 1. The van der Waals surface area contributed by atoms with Crippen LogP contribution in [0.2, 0.25) is 10.0 Å². The van der Waals surface area contributed by atoms with Crippen LogP contribution in [0.15, 0.2) is 88.3 Å². The molecule has 0 saturated carbocycles. The van der Waals surface area contributed by atoms with Crippen LogP contribution in [0.25, 0.3) is 22.1 Å². The highest BCUT2D eigenvalue weighted by Crippen LogP contribution is 2.31. The smallest absolute Gasteiger partial charge is 0.203 e. The molecule has 0 bridgehead atoms. The lowest BCUT2D eigenvalue weighted by molar-refractivity contribution is 0.562. The molecule has 11 nitrogen and oxygen atoms in total. The molecule has 29 heavy (non-hydrogen) atoms. The number of hydrogen-bond donors (Lipinski definition) is 1. The minimum absolute atomic E-state index is 0.135. The third-order valence-corrected chi connectivity index (χ3v) is 4.09. The first kappa shape index (κ1) is 20.0. The van der Waals surface area contributed by atoms with Gasteiger partial charge in [0.2, 0.25) is 11.8 Å². The number of benzene rings is 2. The molecule has 3 rings (SSSR count). The fourth-order valence-electron chi connectivity index (χ4n) is 2.32. The van der Waals surface area contributed by atoms with Crippen molar-refractivity contribution in [3.05, 3.63) is 62.9 Å². The summed E-state index contributed by atoms with van der Waals surface area (Å²) in [6, 6.07) is 9.84. The third-order valence-electron chi connectivity index (χ3n) is 3.47. The van der Waals surface area contributed by atoms with Crippen molar-refractivity contribution in [3.8, 4) is 16.9 Å². The third kappa shape index (κ3) is 4.78. The molecule has 0 spiro atoms. The molecular weight excluding hydrogens is 423 g/mol. The Labute approximate surface area is 172 Å². The van der Waals surface area contributed by atoms with Crippen LogP contribution < -0.4 is 16.0 Å². The van der Waals surface area contributed by atoms with Crippen LogP contribution in [0.1, 0.15) is 0 Å². The zero-order valence-electron chi connectivity index (χ0n) is 14.3. The number of hydrogen-bond acceptors (Lipinski definition) is 5. The van der Waals surface area contributed by atoms with E-state index >= 15 is 0 Å². The van der Waals surface area contributed by atoms with Crippen molar-refractivity contribution in [2.45, 2.75) is 0 Å². The van der Waals surface area contributed by atoms with Crippen LogP contribution in [-0.2, 0) is 0 Å². The van der Waals surface area contributed by atoms with E-state index in [1.54, 1.807) is 24.3 Å². The summed E-state index contributed by atoms with van der Waals surface area (Å²) in [7, 11) is 0. The number of nitrogens with zero attached hydrogens (tertiary/aromatic N) is 7. The Hall–Kier alpha value is -3.70. The number of nitrogens with two attached hydrogens (primary N) is 1. The summed E-state index contributed by atoms with van der Waals surface area (Å²) in [5.74, 6) is 4.96.